The molecule has 98 valence electrons. The molecule has 0 aliphatic carbocycles. The van der Waals surface area contributed by atoms with Gasteiger partial charge in [-0.1, -0.05) is 6.07 Å². The van der Waals surface area contributed by atoms with Gasteiger partial charge in [0.2, 0.25) is 0 Å². The predicted octanol–water partition coefficient (Wildman–Crippen LogP) is 1.83. The number of pyridine rings is 1. The monoisotopic (exact) mass is 256 g/mol. The molecule has 1 atom stereocenters. The summed E-state index contributed by atoms with van der Waals surface area (Å²) in [6.45, 7) is 0.774. The number of nitrogens with zero attached hydrogens (tertiary/aromatic N) is 2. The van der Waals surface area contributed by atoms with Crippen LogP contribution in [0.1, 0.15) is 23.2 Å². The molecule has 1 unspecified atom stereocenters. The summed E-state index contributed by atoms with van der Waals surface area (Å²) in [5.74, 6) is 0.00213. The zero-order valence-electron chi connectivity index (χ0n) is 10.6. The molecule has 0 bridgehead atoms. The molecule has 2 heterocycles. The van der Waals surface area contributed by atoms with Crippen LogP contribution in [-0.2, 0) is 0 Å². The first-order valence-electron chi connectivity index (χ1n) is 6.56. The van der Waals surface area contributed by atoms with Crippen LogP contribution in [0.15, 0.2) is 36.5 Å². The van der Waals surface area contributed by atoms with Gasteiger partial charge >= 0.3 is 0 Å². The van der Waals surface area contributed by atoms with Crippen LogP contribution in [0.25, 0.3) is 10.9 Å². The molecule has 0 saturated carbocycles. The van der Waals surface area contributed by atoms with E-state index in [1.807, 2.05) is 30.3 Å². The number of carbonyl (C=O) groups excluding carboxylic acids is 1. The highest BCUT2D eigenvalue weighted by Gasteiger charge is 2.28. The van der Waals surface area contributed by atoms with Crippen LogP contribution >= 0.6 is 0 Å². The van der Waals surface area contributed by atoms with Crippen LogP contribution in [0, 0.1) is 0 Å². The second-order valence-corrected chi connectivity index (χ2v) is 4.89. The number of fused-ring (bicyclic) bond motifs is 1. The molecular formula is C15H16N2O2. The number of carbonyl (C=O) groups is 1. The fraction of sp³-hybridized carbons (Fsp3) is 0.333. The van der Waals surface area contributed by atoms with Crippen molar-refractivity contribution in [3.63, 3.8) is 0 Å². The number of amides is 1. The van der Waals surface area contributed by atoms with Gasteiger partial charge in [-0.05, 0) is 37.1 Å². The van der Waals surface area contributed by atoms with Crippen LogP contribution in [0.2, 0.25) is 0 Å². The molecule has 1 fully saturated rings. The van der Waals surface area contributed by atoms with Crippen molar-refractivity contribution in [2.45, 2.75) is 18.9 Å². The van der Waals surface area contributed by atoms with E-state index in [0.29, 0.717) is 5.56 Å². The number of rotatable bonds is 2. The van der Waals surface area contributed by atoms with Gasteiger partial charge in [0.1, 0.15) is 0 Å². The second kappa shape index (κ2) is 4.97. The van der Waals surface area contributed by atoms with Gasteiger partial charge in [0, 0.05) is 23.7 Å². The average Bonchev–Trinajstić information content (AvgIpc) is 2.94. The molecule has 1 aliphatic rings. The Bertz CT molecular complexity index is 612. The lowest BCUT2D eigenvalue weighted by Crippen LogP contribution is -2.37. The number of likely N-dealkylation sites (tertiary alicyclic amines) is 1. The van der Waals surface area contributed by atoms with Crippen molar-refractivity contribution >= 4 is 16.8 Å². The van der Waals surface area contributed by atoms with Gasteiger partial charge in [0.05, 0.1) is 18.2 Å². The Hall–Kier alpha value is -1.94. The van der Waals surface area contributed by atoms with Crippen molar-refractivity contribution < 1.29 is 9.90 Å². The summed E-state index contributed by atoms with van der Waals surface area (Å²) < 4.78 is 0. The molecule has 1 aromatic heterocycles. The van der Waals surface area contributed by atoms with Crippen molar-refractivity contribution in [3.8, 4) is 0 Å². The Kier molecular flexibility index (Phi) is 3.17. The third-order valence-corrected chi connectivity index (χ3v) is 3.70. The minimum Gasteiger partial charge on any atom is -0.394 e. The quantitative estimate of drug-likeness (QED) is 0.892. The molecule has 1 aliphatic heterocycles. The Morgan fingerprint density at radius 1 is 1.42 bits per heavy atom. The average molecular weight is 256 g/mol. The summed E-state index contributed by atoms with van der Waals surface area (Å²) in [6.07, 6.45) is 3.59. The minimum absolute atomic E-state index is 0.00213. The summed E-state index contributed by atoms with van der Waals surface area (Å²) in [5.41, 5.74) is 1.56. The molecule has 1 saturated heterocycles. The van der Waals surface area contributed by atoms with Crippen molar-refractivity contribution in [2.24, 2.45) is 0 Å². The van der Waals surface area contributed by atoms with Crippen LogP contribution in [0.4, 0.5) is 0 Å². The van der Waals surface area contributed by atoms with E-state index in [4.69, 9.17) is 0 Å². The summed E-state index contributed by atoms with van der Waals surface area (Å²) in [7, 11) is 0. The lowest BCUT2D eigenvalue weighted by molar-refractivity contribution is 0.0678. The van der Waals surface area contributed by atoms with Gasteiger partial charge in [-0.2, -0.15) is 0 Å². The highest BCUT2D eigenvalue weighted by molar-refractivity contribution is 5.98. The first-order valence-corrected chi connectivity index (χ1v) is 6.56. The molecule has 4 heteroatoms. The largest absolute Gasteiger partial charge is 0.394 e. The van der Waals surface area contributed by atoms with E-state index in [0.717, 1.165) is 30.3 Å². The summed E-state index contributed by atoms with van der Waals surface area (Å²) in [6, 6.07) is 9.33. The van der Waals surface area contributed by atoms with Gasteiger partial charge in [0.25, 0.3) is 5.91 Å². The highest BCUT2D eigenvalue weighted by atomic mass is 16.3. The number of benzene rings is 1. The van der Waals surface area contributed by atoms with E-state index in [1.54, 1.807) is 11.1 Å². The fourth-order valence-corrected chi connectivity index (χ4v) is 2.67. The summed E-state index contributed by atoms with van der Waals surface area (Å²) in [5, 5.41) is 10.3. The van der Waals surface area contributed by atoms with Gasteiger partial charge in [-0.15, -0.1) is 0 Å². The topological polar surface area (TPSA) is 53.4 Å². The van der Waals surface area contributed by atoms with E-state index >= 15 is 0 Å². The molecule has 3 rings (SSSR count). The maximum absolute atomic E-state index is 12.5. The summed E-state index contributed by atoms with van der Waals surface area (Å²) >= 11 is 0. The van der Waals surface area contributed by atoms with E-state index < -0.39 is 0 Å². The van der Waals surface area contributed by atoms with Crippen LogP contribution in [-0.4, -0.2) is 40.1 Å². The summed E-state index contributed by atoms with van der Waals surface area (Å²) in [4.78, 5) is 18.5. The molecule has 0 radical (unpaired) electrons. The molecule has 4 nitrogen and oxygen atoms in total. The first kappa shape index (κ1) is 12.1. The highest BCUT2D eigenvalue weighted by Crippen LogP contribution is 2.21. The Morgan fingerprint density at radius 2 is 2.32 bits per heavy atom. The molecule has 1 aromatic carbocycles. The molecule has 19 heavy (non-hydrogen) atoms. The maximum Gasteiger partial charge on any atom is 0.254 e. The third kappa shape index (κ3) is 2.19. The Balaban J connectivity index is 1.93. The van der Waals surface area contributed by atoms with Crippen molar-refractivity contribution in [3.05, 3.63) is 42.1 Å². The lowest BCUT2D eigenvalue weighted by atomic mass is 10.1. The van der Waals surface area contributed by atoms with Crippen LogP contribution in [0.5, 0.6) is 0 Å². The minimum atomic E-state index is -0.0305. The molecular weight excluding hydrogens is 240 g/mol. The SMILES string of the molecule is O=C(c1ccc2ncccc2c1)N1CCCC1CO. The van der Waals surface area contributed by atoms with Crippen LogP contribution in [0.3, 0.4) is 0 Å². The van der Waals surface area contributed by atoms with Crippen LogP contribution < -0.4 is 0 Å². The maximum atomic E-state index is 12.5. The van der Waals surface area contributed by atoms with Crippen molar-refractivity contribution in [2.75, 3.05) is 13.2 Å². The number of aliphatic hydroxyl groups is 1. The predicted molar refractivity (Wildman–Crippen MR) is 72.9 cm³/mol. The third-order valence-electron chi connectivity index (χ3n) is 3.70. The standard InChI is InChI=1S/C15H16N2O2/c18-10-13-4-2-8-17(13)15(19)12-5-6-14-11(9-12)3-1-7-16-14/h1,3,5-7,9,13,18H,2,4,8,10H2. The van der Waals surface area contributed by atoms with Gasteiger partial charge in [0.15, 0.2) is 0 Å². The number of aliphatic hydroxyl groups excluding tert-OH is 1. The van der Waals surface area contributed by atoms with E-state index in [9.17, 15) is 9.90 Å². The van der Waals surface area contributed by atoms with E-state index in [-0.39, 0.29) is 18.6 Å². The van der Waals surface area contributed by atoms with E-state index in [2.05, 4.69) is 4.98 Å². The normalized spacial score (nSPS) is 19.0. The Labute approximate surface area is 111 Å². The molecule has 2 aromatic rings. The van der Waals surface area contributed by atoms with Crippen molar-refractivity contribution in [1.29, 1.82) is 0 Å². The van der Waals surface area contributed by atoms with Gasteiger partial charge in [-0.25, -0.2) is 0 Å². The number of aromatic nitrogens is 1. The zero-order valence-corrected chi connectivity index (χ0v) is 10.6. The number of hydrogen-bond acceptors (Lipinski definition) is 3. The Morgan fingerprint density at radius 3 is 3.16 bits per heavy atom. The second-order valence-electron chi connectivity index (χ2n) is 4.89. The first-order chi connectivity index (χ1) is 9.29. The van der Waals surface area contributed by atoms with Crippen molar-refractivity contribution in [1.82, 2.24) is 9.88 Å². The van der Waals surface area contributed by atoms with Gasteiger partial charge < -0.3 is 10.0 Å². The molecule has 0 spiro atoms. The fourth-order valence-electron chi connectivity index (χ4n) is 2.67. The van der Waals surface area contributed by atoms with E-state index in [1.165, 1.54) is 0 Å². The molecule has 1 N–H and O–H groups in total. The molecule has 1 amide bonds. The van der Waals surface area contributed by atoms with Gasteiger partial charge in [-0.3, -0.25) is 9.78 Å². The lowest BCUT2D eigenvalue weighted by Gasteiger charge is -2.23. The zero-order chi connectivity index (χ0) is 13.2. The number of hydrogen-bond donors (Lipinski definition) is 1. The smallest absolute Gasteiger partial charge is 0.254 e.